The van der Waals surface area contributed by atoms with Crippen molar-refractivity contribution in [1.29, 1.82) is 0 Å². The number of ether oxygens (including phenoxy) is 2. The molecule has 0 spiro atoms. The van der Waals surface area contributed by atoms with Crippen LogP contribution in [0, 0.1) is 0 Å². The Morgan fingerprint density at radius 1 is 1.35 bits per heavy atom. The van der Waals surface area contributed by atoms with Crippen LogP contribution in [0.2, 0.25) is 0 Å². The minimum absolute atomic E-state index is 0.276. The van der Waals surface area contributed by atoms with E-state index in [1.807, 2.05) is 0 Å². The first-order valence-corrected chi connectivity index (χ1v) is 6.57. The van der Waals surface area contributed by atoms with Crippen molar-refractivity contribution in [3.8, 4) is 0 Å². The molecule has 1 N–H and O–H groups in total. The topological polar surface area (TPSA) is 72.8 Å². The van der Waals surface area contributed by atoms with Crippen LogP contribution < -0.4 is 5.32 Å². The maximum Gasteiger partial charge on any atom is 0.409 e. The lowest BCUT2D eigenvalue weighted by molar-refractivity contribution is 0.0600. The number of hydrogen-bond acceptors (Lipinski definition) is 5. The van der Waals surface area contributed by atoms with Crippen LogP contribution in [0.3, 0.4) is 0 Å². The van der Waals surface area contributed by atoms with Crippen LogP contribution in [0.1, 0.15) is 10.4 Å². The van der Waals surface area contributed by atoms with Gasteiger partial charge in [-0.05, 0) is 6.07 Å². The maximum atomic E-state index is 11.7. The molecule has 0 aromatic carbocycles. The van der Waals surface area contributed by atoms with E-state index in [2.05, 4.69) is 10.1 Å². The Morgan fingerprint density at radius 2 is 2.10 bits per heavy atom. The predicted molar refractivity (Wildman–Crippen MR) is 71.6 cm³/mol. The van der Waals surface area contributed by atoms with Gasteiger partial charge in [-0.3, -0.25) is 0 Å². The molecule has 2 heterocycles. The number of hydrogen-bond donors (Lipinski definition) is 1. The number of carbonyl (C=O) groups is 2. The number of rotatable bonds is 4. The van der Waals surface area contributed by atoms with Crippen LogP contribution in [0.4, 0.5) is 4.79 Å². The molecule has 110 valence electrons. The summed E-state index contributed by atoms with van der Waals surface area (Å²) in [5.74, 6) is -0.374. The van der Waals surface area contributed by atoms with Crippen molar-refractivity contribution >= 4 is 12.1 Å². The fourth-order valence-corrected chi connectivity index (χ4v) is 2.00. The normalized spacial score (nSPS) is 14.9. The summed E-state index contributed by atoms with van der Waals surface area (Å²) in [6, 6.07) is 1.67. The van der Waals surface area contributed by atoms with Crippen molar-refractivity contribution in [3.63, 3.8) is 0 Å². The molecule has 2 rings (SSSR count). The van der Waals surface area contributed by atoms with Gasteiger partial charge in [-0.15, -0.1) is 0 Å². The Balaban J connectivity index is 1.73. The van der Waals surface area contributed by atoms with E-state index in [0.717, 1.165) is 13.1 Å². The van der Waals surface area contributed by atoms with Gasteiger partial charge in [0.05, 0.1) is 19.2 Å². The number of methoxy groups -OCH3 is 1. The van der Waals surface area contributed by atoms with Crippen molar-refractivity contribution in [2.45, 2.75) is 6.54 Å². The second kappa shape index (κ2) is 6.95. The van der Waals surface area contributed by atoms with E-state index in [9.17, 15) is 9.59 Å². The molecule has 20 heavy (non-hydrogen) atoms. The molecule has 1 aliphatic heterocycles. The standard InChI is InChI=1S/C13H19N3O4/c1-19-12(17)11-2-5-15(10-11)8-9-20-13(18)16-6-3-14-4-7-16/h2,5,10,14H,3-4,6-9H2,1H3. The Kier molecular flexibility index (Phi) is 5.00. The molecule has 1 amide bonds. The second-order valence-electron chi connectivity index (χ2n) is 4.48. The van der Waals surface area contributed by atoms with Gasteiger partial charge in [-0.25, -0.2) is 9.59 Å². The Labute approximate surface area is 117 Å². The first-order chi connectivity index (χ1) is 9.70. The molecular weight excluding hydrogens is 262 g/mol. The summed E-state index contributed by atoms with van der Waals surface area (Å²) in [7, 11) is 1.34. The zero-order valence-corrected chi connectivity index (χ0v) is 11.5. The molecule has 1 aromatic rings. The smallest absolute Gasteiger partial charge is 0.409 e. The molecule has 0 aliphatic carbocycles. The third-order valence-electron chi connectivity index (χ3n) is 3.12. The van der Waals surface area contributed by atoms with Gasteiger partial charge in [0.25, 0.3) is 0 Å². The number of esters is 1. The Morgan fingerprint density at radius 3 is 2.80 bits per heavy atom. The highest BCUT2D eigenvalue weighted by molar-refractivity contribution is 5.89. The van der Waals surface area contributed by atoms with Gasteiger partial charge in [-0.1, -0.05) is 0 Å². The average Bonchev–Trinajstić information content (AvgIpc) is 2.96. The third-order valence-corrected chi connectivity index (χ3v) is 3.12. The van der Waals surface area contributed by atoms with Crippen molar-refractivity contribution < 1.29 is 19.1 Å². The van der Waals surface area contributed by atoms with Crippen molar-refractivity contribution in [2.75, 3.05) is 39.9 Å². The van der Waals surface area contributed by atoms with E-state index in [-0.39, 0.29) is 18.7 Å². The average molecular weight is 281 g/mol. The minimum atomic E-state index is -0.374. The molecule has 0 radical (unpaired) electrons. The molecule has 7 heteroatoms. The number of amides is 1. The molecule has 0 atom stereocenters. The Bertz CT molecular complexity index is 466. The fourth-order valence-electron chi connectivity index (χ4n) is 2.00. The number of piperazine rings is 1. The highest BCUT2D eigenvalue weighted by Gasteiger charge is 2.17. The second-order valence-corrected chi connectivity index (χ2v) is 4.48. The summed E-state index contributed by atoms with van der Waals surface area (Å²) in [6.07, 6.45) is 3.14. The Hall–Kier alpha value is -2.02. The van der Waals surface area contributed by atoms with Crippen molar-refractivity contribution in [3.05, 3.63) is 24.0 Å². The molecule has 0 saturated carbocycles. The summed E-state index contributed by atoms with van der Waals surface area (Å²) in [6.45, 7) is 3.74. The highest BCUT2D eigenvalue weighted by Crippen LogP contribution is 2.03. The summed E-state index contributed by atoms with van der Waals surface area (Å²) in [4.78, 5) is 24.7. The van der Waals surface area contributed by atoms with Gasteiger partial charge in [0.1, 0.15) is 6.61 Å². The summed E-state index contributed by atoms with van der Waals surface area (Å²) < 4.78 is 11.6. The van der Waals surface area contributed by atoms with Gasteiger partial charge in [-0.2, -0.15) is 0 Å². The van der Waals surface area contributed by atoms with Gasteiger partial charge in [0.15, 0.2) is 0 Å². The van der Waals surface area contributed by atoms with Crippen LogP contribution >= 0.6 is 0 Å². The molecule has 1 saturated heterocycles. The third kappa shape index (κ3) is 3.74. The van der Waals surface area contributed by atoms with E-state index < -0.39 is 0 Å². The lowest BCUT2D eigenvalue weighted by atomic mass is 10.3. The maximum absolute atomic E-state index is 11.7. The monoisotopic (exact) mass is 281 g/mol. The summed E-state index contributed by atoms with van der Waals surface area (Å²) in [5.41, 5.74) is 0.487. The minimum Gasteiger partial charge on any atom is -0.465 e. The molecule has 0 unspecified atom stereocenters. The molecule has 1 fully saturated rings. The van der Waals surface area contributed by atoms with E-state index in [4.69, 9.17) is 4.74 Å². The zero-order chi connectivity index (χ0) is 14.4. The predicted octanol–water partition coefficient (Wildman–Crippen LogP) is 0.317. The number of nitrogens with zero attached hydrogens (tertiary/aromatic N) is 2. The van der Waals surface area contributed by atoms with Crippen molar-refractivity contribution in [2.24, 2.45) is 0 Å². The first-order valence-electron chi connectivity index (χ1n) is 6.57. The molecular formula is C13H19N3O4. The zero-order valence-electron chi connectivity index (χ0n) is 11.5. The summed E-state index contributed by atoms with van der Waals surface area (Å²) in [5, 5.41) is 3.17. The van der Waals surface area contributed by atoms with Gasteiger partial charge >= 0.3 is 12.1 Å². The lowest BCUT2D eigenvalue weighted by Crippen LogP contribution is -2.46. The number of nitrogens with one attached hydrogen (secondary N) is 1. The van der Waals surface area contributed by atoms with E-state index in [1.54, 1.807) is 27.9 Å². The first kappa shape index (κ1) is 14.4. The number of aromatic nitrogens is 1. The number of carbonyl (C=O) groups excluding carboxylic acids is 2. The van der Waals surface area contributed by atoms with Crippen molar-refractivity contribution in [1.82, 2.24) is 14.8 Å². The molecule has 1 aliphatic rings. The fraction of sp³-hybridized carbons (Fsp3) is 0.538. The van der Waals surface area contributed by atoms with Crippen LogP contribution in [0.25, 0.3) is 0 Å². The largest absolute Gasteiger partial charge is 0.465 e. The van der Waals surface area contributed by atoms with E-state index >= 15 is 0 Å². The quantitative estimate of drug-likeness (QED) is 0.805. The molecule has 0 bridgehead atoms. The molecule has 1 aromatic heterocycles. The van der Waals surface area contributed by atoms with Crippen LogP contribution in [0.5, 0.6) is 0 Å². The van der Waals surface area contributed by atoms with Crippen LogP contribution in [-0.2, 0) is 16.0 Å². The van der Waals surface area contributed by atoms with Gasteiger partial charge in [0.2, 0.25) is 0 Å². The van der Waals surface area contributed by atoms with Crippen LogP contribution in [0.15, 0.2) is 18.5 Å². The van der Waals surface area contributed by atoms with Gasteiger partial charge < -0.3 is 24.3 Å². The van der Waals surface area contributed by atoms with Gasteiger partial charge in [0, 0.05) is 38.6 Å². The SMILES string of the molecule is COC(=O)c1ccn(CCOC(=O)N2CCNCC2)c1. The lowest BCUT2D eigenvalue weighted by Gasteiger charge is -2.26. The molecule has 7 nitrogen and oxygen atoms in total. The van der Waals surface area contributed by atoms with Crippen LogP contribution in [-0.4, -0.2) is 61.4 Å². The van der Waals surface area contributed by atoms with E-state index in [1.165, 1.54) is 7.11 Å². The van der Waals surface area contributed by atoms with E-state index in [0.29, 0.717) is 25.2 Å². The summed E-state index contributed by atoms with van der Waals surface area (Å²) >= 11 is 0. The highest BCUT2D eigenvalue weighted by atomic mass is 16.6.